The fraction of sp³-hybridized carbons (Fsp3) is 1.00. The van der Waals surface area contributed by atoms with Gasteiger partial charge in [0, 0.05) is 19.2 Å². The van der Waals surface area contributed by atoms with Crippen LogP contribution in [0.2, 0.25) is 0 Å². The lowest BCUT2D eigenvalue weighted by molar-refractivity contribution is 0.0735. The number of unbranched alkanes of at least 4 members (excludes halogenated alkanes) is 1. The van der Waals surface area contributed by atoms with Crippen LogP contribution < -0.4 is 5.32 Å². The van der Waals surface area contributed by atoms with Crippen molar-refractivity contribution in [3.05, 3.63) is 0 Å². The molecule has 2 atom stereocenters. The third-order valence-electron chi connectivity index (χ3n) is 3.58. The van der Waals surface area contributed by atoms with E-state index < -0.39 is 0 Å². The molecule has 0 bridgehead atoms. The number of nitrogens with zero attached hydrogens (tertiary/aromatic N) is 1. The molecule has 1 saturated heterocycles. The number of ether oxygens (including phenoxy) is 1. The molecule has 0 aromatic heterocycles. The minimum absolute atomic E-state index is 0.374. The topological polar surface area (TPSA) is 24.5 Å². The van der Waals surface area contributed by atoms with Gasteiger partial charge in [-0.3, -0.25) is 0 Å². The highest BCUT2D eigenvalue weighted by atomic mass is 16.5. The van der Waals surface area contributed by atoms with Gasteiger partial charge in [-0.25, -0.2) is 0 Å². The van der Waals surface area contributed by atoms with Crippen LogP contribution in [0.3, 0.4) is 0 Å². The second-order valence-corrected chi connectivity index (χ2v) is 6.13. The first kappa shape index (κ1) is 15.9. The first-order valence-electron chi connectivity index (χ1n) is 7.65. The lowest BCUT2D eigenvalue weighted by Crippen LogP contribution is -2.42. The maximum absolute atomic E-state index is 5.59. The summed E-state index contributed by atoms with van der Waals surface area (Å²) in [7, 11) is 0. The number of hydrogen-bond acceptors (Lipinski definition) is 3. The van der Waals surface area contributed by atoms with E-state index in [9.17, 15) is 0 Å². The largest absolute Gasteiger partial charge is 0.379 e. The molecule has 0 saturated carbocycles. The predicted octanol–water partition coefficient (Wildman–Crippen LogP) is 2.51. The maximum atomic E-state index is 5.59. The van der Waals surface area contributed by atoms with Crippen molar-refractivity contribution in [2.45, 2.75) is 59.1 Å². The maximum Gasteiger partial charge on any atom is 0.0518 e. The highest BCUT2D eigenvalue weighted by Crippen LogP contribution is 2.08. The summed E-state index contributed by atoms with van der Waals surface area (Å²) in [6.45, 7) is 14.6. The number of rotatable bonds is 6. The summed E-state index contributed by atoms with van der Waals surface area (Å²) in [5.41, 5.74) is 0. The zero-order valence-electron chi connectivity index (χ0n) is 12.7. The van der Waals surface area contributed by atoms with Gasteiger partial charge in [0.1, 0.15) is 0 Å². The standard InChI is InChI=1S/C15H32N2O/c1-13(2)18-10-6-5-8-17-9-7-15(4)16-11-14(3)12-17/h13-16H,5-12H2,1-4H3. The van der Waals surface area contributed by atoms with Crippen LogP contribution in [-0.4, -0.2) is 49.8 Å². The van der Waals surface area contributed by atoms with Crippen molar-refractivity contribution in [1.82, 2.24) is 10.2 Å². The molecule has 0 aromatic rings. The van der Waals surface area contributed by atoms with Crippen molar-refractivity contribution in [2.24, 2.45) is 5.92 Å². The molecule has 3 heteroatoms. The minimum Gasteiger partial charge on any atom is -0.379 e. The van der Waals surface area contributed by atoms with Crippen LogP contribution in [0, 0.1) is 5.92 Å². The monoisotopic (exact) mass is 256 g/mol. The van der Waals surface area contributed by atoms with Gasteiger partial charge < -0.3 is 15.0 Å². The summed E-state index contributed by atoms with van der Waals surface area (Å²) in [5.74, 6) is 0.764. The Morgan fingerprint density at radius 1 is 1.28 bits per heavy atom. The molecule has 2 unspecified atom stereocenters. The average molecular weight is 256 g/mol. The molecule has 0 radical (unpaired) electrons. The fourth-order valence-electron chi connectivity index (χ4n) is 2.44. The van der Waals surface area contributed by atoms with Gasteiger partial charge in [0.15, 0.2) is 0 Å². The third kappa shape index (κ3) is 7.34. The summed E-state index contributed by atoms with van der Waals surface area (Å²) in [5, 5.41) is 3.60. The van der Waals surface area contributed by atoms with Crippen LogP contribution in [-0.2, 0) is 4.74 Å². The van der Waals surface area contributed by atoms with Gasteiger partial charge in [-0.15, -0.1) is 0 Å². The highest BCUT2D eigenvalue weighted by Gasteiger charge is 2.15. The van der Waals surface area contributed by atoms with E-state index in [1.54, 1.807) is 0 Å². The molecule has 1 N–H and O–H groups in total. The Hall–Kier alpha value is -0.120. The van der Waals surface area contributed by atoms with Gasteiger partial charge >= 0.3 is 0 Å². The molecule has 1 aliphatic heterocycles. The average Bonchev–Trinajstić information content (AvgIpc) is 2.30. The molecule has 0 aromatic carbocycles. The molecule has 3 nitrogen and oxygen atoms in total. The van der Waals surface area contributed by atoms with Crippen LogP contribution in [0.5, 0.6) is 0 Å². The van der Waals surface area contributed by atoms with E-state index in [4.69, 9.17) is 4.74 Å². The van der Waals surface area contributed by atoms with E-state index in [0.29, 0.717) is 12.1 Å². The molecule has 18 heavy (non-hydrogen) atoms. The quantitative estimate of drug-likeness (QED) is 0.739. The van der Waals surface area contributed by atoms with Crippen molar-refractivity contribution >= 4 is 0 Å². The van der Waals surface area contributed by atoms with Gasteiger partial charge in [0.25, 0.3) is 0 Å². The van der Waals surface area contributed by atoms with Crippen LogP contribution in [0.15, 0.2) is 0 Å². The number of hydrogen-bond donors (Lipinski definition) is 1. The predicted molar refractivity (Wildman–Crippen MR) is 78.0 cm³/mol. The van der Waals surface area contributed by atoms with Crippen molar-refractivity contribution in [3.63, 3.8) is 0 Å². The van der Waals surface area contributed by atoms with Gasteiger partial charge in [-0.05, 0) is 65.6 Å². The van der Waals surface area contributed by atoms with Gasteiger partial charge in [-0.1, -0.05) is 6.92 Å². The molecule has 1 aliphatic rings. The van der Waals surface area contributed by atoms with E-state index in [0.717, 1.165) is 19.1 Å². The summed E-state index contributed by atoms with van der Waals surface area (Å²) in [6.07, 6.45) is 4.10. The Labute approximate surface area is 113 Å². The van der Waals surface area contributed by atoms with Crippen molar-refractivity contribution in [1.29, 1.82) is 0 Å². The Bertz CT molecular complexity index is 209. The molecule has 1 rings (SSSR count). The summed E-state index contributed by atoms with van der Waals surface area (Å²) < 4.78 is 5.59. The summed E-state index contributed by atoms with van der Waals surface area (Å²) in [6, 6.07) is 0.666. The van der Waals surface area contributed by atoms with Crippen molar-refractivity contribution in [3.8, 4) is 0 Å². The van der Waals surface area contributed by atoms with E-state index in [1.807, 2.05) is 0 Å². The molecule has 0 spiro atoms. The van der Waals surface area contributed by atoms with Crippen molar-refractivity contribution < 1.29 is 4.74 Å². The molecular weight excluding hydrogens is 224 g/mol. The Morgan fingerprint density at radius 3 is 2.78 bits per heavy atom. The van der Waals surface area contributed by atoms with Crippen molar-refractivity contribution in [2.75, 3.05) is 32.8 Å². The third-order valence-corrected chi connectivity index (χ3v) is 3.58. The van der Waals surface area contributed by atoms with Crippen LogP contribution in [0.4, 0.5) is 0 Å². The van der Waals surface area contributed by atoms with E-state index in [-0.39, 0.29) is 0 Å². The highest BCUT2D eigenvalue weighted by molar-refractivity contribution is 4.73. The lowest BCUT2D eigenvalue weighted by atomic mass is 10.1. The van der Waals surface area contributed by atoms with Gasteiger partial charge in [0.2, 0.25) is 0 Å². The molecule has 1 fully saturated rings. The first-order chi connectivity index (χ1) is 8.58. The second-order valence-electron chi connectivity index (χ2n) is 6.13. The smallest absolute Gasteiger partial charge is 0.0518 e. The second kappa shape index (κ2) is 8.89. The van der Waals surface area contributed by atoms with E-state index in [1.165, 1.54) is 38.9 Å². The zero-order chi connectivity index (χ0) is 13.4. The normalized spacial score (nSPS) is 27.2. The molecular formula is C15H32N2O. The van der Waals surface area contributed by atoms with Crippen LogP contribution >= 0.6 is 0 Å². The molecule has 0 aliphatic carbocycles. The van der Waals surface area contributed by atoms with E-state index >= 15 is 0 Å². The Balaban J connectivity index is 2.14. The minimum atomic E-state index is 0.374. The Morgan fingerprint density at radius 2 is 2.06 bits per heavy atom. The molecule has 1 heterocycles. The first-order valence-corrected chi connectivity index (χ1v) is 7.65. The van der Waals surface area contributed by atoms with Gasteiger partial charge in [-0.2, -0.15) is 0 Å². The lowest BCUT2D eigenvalue weighted by Gasteiger charge is -2.31. The Kier molecular flexibility index (Phi) is 7.87. The fourth-order valence-corrected chi connectivity index (χ4v) is 2.44. The van der Waals surface area contributed by atoms with Crippen LogP contribution in [0.1, 0.15) is 47.0 Å². The SMILES string of the molecule is CC1CNC(C)CCN(CCCCOC(C)C)C1. The molecule has 0 amide bonds. The van der Waals surface area contributed by atoms with Crippen LogP contribution in [0.25, 0.3) is 0 Å². The summed E-state index contributed by atoms with van der Waals surface area (Å²) >= 11 is 0. The summed E-state index contributed by atoms with van der Waals surface area (Å²) in [4.78, 5) is 2.64. The van der Waals surface area contributed by atoms with Gasteiger partial charge in [0.05, 0.1) is 6.10 Å². The van der Waals surface area contributed by atoms with E-state index in [2.05, 4.69) is 37.9 Å². The number of nitrogens with one attached hydrogen (secondary N) is 1. The molecule has 108 valence electrons. The zero-order valence-corrected chi connectivity index (χ0v) is 12.7.